The van der Waals surface area contributed by atoms with Crippen LogP contribution in [-0.4, -0.2) is 35.0 Å². The van der Waals surface area contributed by atoms with E-state index in [-0.39, 0.29) is 11.7 Å². The van der Waals surface area contributed by atoms with Crippen LogP contribution in [0.5, 0.6) is 5.75 Å². The van der Waals surface area contributed by atoms with Gasteiger partial charge in [-0.3, -0.25) is 4.79 Å². The van der Waals surface area contributed by atoms with E-state index in [1.165, 1.54) is 0 Å². The molecule has 0 spiro atoms. The minimum atomic E-state index is -0.632. The molecule has 0 aliphatic rings. The Morgan fingerprint density at radius 2 is 2.00 bits per heavy atom. The van der Waals surface area contributed by atoms with E-state index >= 15 is 0 Å². The monoisotopic (exact) mass is 289 g/mol. The molecule has 3 N–H and O–H groups in total. The molecular weight excluding hydrogens is 266 g/mol. The molecule has 5 heteroatoms. The number of benzene rings is 1. The molecule has 0 saturated carbocycles. The number of hydrogen-bond donors (Lipinski definition) is 2. The first-order valence-corrected chi connectivity index (χ1v) is 7.13. The third kappa shape index (κ3) is 5.84. The summed E-state index contributed by atoms with van der Waals surface area (Å²) >= 11 is 0. The number of nitrogens with two attached hydrogens (primary N) is 1. The standard InChI is InChI=1S/C16H23N3O2/c1-12(2)11-19(9-3-8-17)16(21)15(18)10-13-4-6-14(20)7-5-13/h4-7,12,15,20H,3,9-11,18H2,1-2H3. The number of aromatic hydroxyl groups is 1. The fourth-order valence-corrected chi connectivity index (χ4v) is 2.12. The molecule has 1 amide bonds. The molecule has 0 radical (unpaired) electrons. The maximum Gasteiger partial charge on any atom is 0.239 e. The lowest BCUT2D eigenvalue weighted by molar-refractivity contribution is -0.133. The lowest BCUT2D eigenvalue weighted by atomic mass is 10.0. The van der Waals surface area contributed by atoms with Gasteiger partial charge >= 0.3 is 0 Å². The number of amides is 1. The molecule has 1 rings (SSSR count). The van der Waals surface area contributed by atoms with Crippen LogP contribution in [0.3, 0.4) is 0 Å². The van der Waals surface area contributed by atoms with Crippen molar-refractivity contribution >= 4 is 5.91 Å². The molecule has 114 valence electrons. The van der Waals surface area contributed by atoms with Gasteiger partial charge in [0.05, 0.1) is 18.5 Å². The summed E-state index contributed by atoms with van der Waals surface area (Å²) in [5.41, 5.74) is 6.90. The Morgan fingerprint density at radius 1 is 1.38 bits per heavy atom. The van der Waals surface area contributed by atoms with E-state index in [2.05, 4.69) is 6.07 Å². The molecule has 1 aromatic rings. The molecular formula is C16H23N3O2. The second-order valence-corrected chi connectivity index (χ2v) is 5.56. The molecule has 0 aromatic heterocycles. The first-order chi connectivity index (χ1) is 9.93. The number of phenols is 1. The maximum absolute atomic E-state index is 12.4. The van der Waals surface area contributed by atoms with Crippen molar-refractivity contribution in [3.63, 3.8) is 0 Å². The lowest BCUT2D eigenvalue weighted by Crippen LogP contribution is -2.46. The van der Waals surface area contributed by atoms with Crippen LogP contribution >= 0.6 is 0 Å². The third-order valence-electron chi connectivity index (χ3n) is 3.10. The van der Waals surface area contributed by atoms with Crippen molar-refractivity contribution in [3.8, 4) is 11.8 Å². The van der Waals surface area contributed by atoms with Gasteiger partial charge in [0.25, 0.3) is 0 Å². The Labute approximate surface area is 126 Å². The molecule has 21 heavy (non-hydrogen) atoms. The molecule has 0 saturated heterocycles. The van der Waals surface area contributed by atoms with Gasteiger partial charge in [0.15, 0.2) is 0 Å². The molecule has 0 fully saturated rings. The highest BCUT2D eigenvalue weighted by molar-refractivity contribution is 5.82. The summed E-state index contributed by atoms with van der Waals surface area (Å²) in [5, 5.41) is 17.9. The van der Waals surface area contributed by atoms with Crippen molar-refractivity contribution in [1.29, 1.82) is 5.26 Å². The largest absolute Gasteiger partial charge is 0.508 e. The average Bonchev–Trinajstić information content (AvgIpc) is 2.44. The van der Waals surface area contributed by atoms with Gasteiger partial charge in [-0.05, 0) is 30.0 Å². The van der Waals surface area contributed by atoms with Crippen LogP contribution < -0.4 is 5.73 Å². The van der Waals surface area contributed by atoms with E-state index in [4.69, 9.17) is 11.0 Å². The highest BCUT2D eigenvalue weighted by Gasteiger charge is 2.21. The SMILES string of the molecule is CC(C)CN(CCC#N)C(=O)C(N)Cc1ccc(O)cc1. The molecule has 1 unspecified atom stereocenters. The average molecular weight is 289 g/mol. The first kappa shape index (κ1) is 17.0. The summed E-state index contributed by atoms with van der Waals surface area (Å²) in [5.74, 6) is 0.384. The minimum Gasteiger partial charge on any atom is -0.508 e. The zero-order chi connectivity index (χ0) is 15.8. The smallest absolute Gasteiger partial charge is 0.239 e. The van der Waals surface area contributed by atoms with E-state index in [1.807, 2.05) is 13.8 Å². The van der Waals surface area contributed by atoms with Crippen molar-refractivity contribution in [3.05, 3.63) is 29.8 Å². The van der Waals surface area contributed by atoms with Crippen molar-refractivity contribution < 1.29 is 9.90 Å². The molecule has 5 nitrogen and oxygen atoms in total. The summed E-state index contributed by atoms with van der Waals surface area (Å²) in [6.45, 7) is 5.07. The number of carbonyl (C=O) groups excluding carboxylic acids is 1. The lowest BCUT2D eigenvalue weighted by Gasteiger charge is -2.26. The molecule has 0 bridgehead atoms. The van der Waals surface area contributed by atoms with Crippen LogP contribution in [0.25, 0.3) is 0 Å². The number of nitriles is 1. The zero-order valence-electron chi connectivity index (χ0n) is 12.6. The minimum absolute atomic E-state index is 0.132. The van der Waals surface area contributed by atoms with Crippen molar-refractivity contribution in [2.75, 3.05) is 13.1 Å². The summed E-state index contributed by atoms with van der Waals surface area (Å²) in [7, 11) is 0. The fourth-order valence-electron chi connectivity index (χ4n) is 2.12. The molecule has 1 aromatic carbocycles. The van der Waals surface area contributed by atoms with Crippen LogP contribution in [0.4, 0.5) is 0 Å². The van der Waals surface area contributed by atoms with E-state index in [0.717, 1.165) is 5.56 Å². The number of phenolic OH excluding ortho intramolecular Hbond substituents is 1. The molecule has 1 atom stereocenters. The second kappa shape index (κ2) is 8.28. The molecule has 0 aliphatic heterocycles. The van der Waals surface area contributed by atoms with E-state index < -0.39 is 6.04 Å². The van der Waals surface area contributed by atoms with Crippen LogP contribution in [0, 0.1) is 17.2 Å². The Kier molecular flexibility index (Phi) is 6.70. The van der Waals surface area contributed by atoms with E-state index in [1.54, 1.807) is 29.2 Å². The van der Waals surface area contributed by atoms with Gasteiger partial charge in [0.1, 0.15) is 5.75 Å². The van der Waals surface area contributed by atoms with Crippen molar-refractivity contribution in [2.24, 2.45) is 11.7 Å². The highest BCUT2D eigenvalue weighted by atomic mass is 16.3. The predicted octanol–water partition coefficient (Wildman–Crippen LogP) is 1.66. The van der Waals surface area contributed by atoms with Gasteiger partial charge in [0, 0.05) is 13.1 Å². The van der Waals surface area contributed by atoms with Gasteiger partial charge < -0.3 is 15.7 Å². The zero-order valence-corrected chi connectivity index (χ0v) is 12.6. The van der Waals surface area contributed by atoms with Gasteiger partial charge in [-0.2, -0.15) is 5.26 Å². The van der Waals surface area contributed by atoms with Crippen molar-refractivity contribution in [1.82, 2.24) is 4.90 Å². The number of hydrogen-bond acceptors (Lipinski definition) is 4. The fraction of sp³-hybridized carbons (Fsp3) is 0.500. The highest BCUT2D eigenvalue weighted by Crippen LogP contribution is 2.12. The Bertz CT molecular complexity index is 491. The summed E-state index contributed by atoms with van der Waals surface area (Å²) in [6.07, 6.45) is 0.727. The molecule has 0 aliphatic carbocycles. The van der Waals surface area contributed by atoms with Gasteiger partial charge in [-0.1, -0.05) is 26.0 Å². The Morgan fingerprint density at radius 3 is 2.52 bits per heavy atom. The van der Waals surface area contributed by atoms with Crippen LogP contribution in [0.15, 0.2) is 24.3 Å². The van der Waals surface area contributed by atoms with E-state index in [9.17, 15) is 9.90 Å². The number of nitrogens with zero attached hydrogens (tertiary/aromatic N) is 2. The summed E-state index contributed by atoms with van der Waals surface area (Å²) < 4.78 is 0. The van der Waals surface area contributed by atoms with Crippen LogP contribution in [0.2, 0.25) is 0 Å². The summed E-state index contributed by atoms with van der Waals surface area (Å²) in [4.78, 5) is 14.1. The van der Waals surface area contributed by atoms with Crippen LogP contribution in [0.1, 0.15) is 25.8 Å². The maximum atomic E-state index is 12.4. The third-order valence-corrected chi connectivity index (χ3v) is 3.10. The second-order valence-electron chi connectivity index (χ2n) is 5.56. The number of rotatable bonds is 7. The predicted molar refractivity (Wildman–Crippen MR) is 81.4 cm³/mol. The Hall–Kier alpha value is -2.06. The topological polar surface area (TPSA) is 90.4 Å². The molecule has 0 heterocycles. The normalized spacial score (nSPS) is 12.0. The van der Waals surface area contributed by atoms with Gasteiger partial charge in [0.2, 0.25) is 5.91 Å². The first-order valence-electron chi connectivity index (χ1n) is 7.13. The van der Waals surface area contributed by atoms with E-state index in [0.29, 0.717) is 31.8 Å². The number of carbonyl (C=O) groups is 1. The van der Waals surface area contributed by atoms with Crippen molar-refractivity contribution in [2.45, 2.75) is 32.7 Å². The van der Waals surface area contributed by atoms with Gasteiger partial charge in [-0.15, -0.1) is 0 Å². The summed E-state index contributed by atoms with van der Waals surface area (Å²) in [6, 6.07) is 8.09. The quantitative estimate of drug-likeness (QED) is 0.798. The van der Waals surface area contributed by atoms with Crippen LogP contribution in [-0.2, 0) is 11.2 Å². The van der Waals surface area contributed by atoms with Gasteiger partial charge in [-0.25, -0.2) is 0 Å². The Balaban J connectivity index is 2.68.